The van der Waals surface area contributed by atoms with Gasteiger partial charge in [0.1, 0.15) is 5.82 Å². The summed E-state index contributed by atoms with van der Waals surface area (Å²) < 4.78 is 29.9. The molecular weight excluding hydrogens is 477 g/mol. The first-order valence-electron chi connectivity index (χ1n) is 11.8. The topological polar surface area (TPSA) is 94.1 Å². The number of aliphatic hydroxyl groups is 1. The van der Waals surface area contributed by atoms with E-state index in [-0.39, 0.29) is 37.3 Å². The van der Waals surface area contributed by atoms with E-state index in [0.717, 1.165) is 22.3 Å². The molecule has 0 saturated carbocycles. The Kier molecular flexibility index (Phi) is 8.66. The highest BCUT2D eigenvalue weighted by Gasteiger charge is 2.29. The van der Waals surface area contributed by atoms with Crippen molar-refractivity contribution in [2.75, 3.05) is 7.11 Å². The number of hydrogen-bond acceptors (Lipinski definition) is 6. The van der Waals surface area contributed by atoms with Gasteiger partial charge < -0.3 is 24.6 Å². The van der Waals surface area contributed by atoms with Crippen LogP contribution in [0.25, 0.3) is 0 Å². The van der Waals surface area contributed by atoms with Crippen LogP contribution in [0.4, 0.5) is 4.39 Å². The number of methoxy groups -OCH3 is 1. The molecule has 0 spiro atoms. The highest BCUT2D eigenvalue weighted by Crippen LogP contribution is 2.32. The van der Waals surface area contributed by atoms with Gasteiger partial charge in [-0.25, -0.2) is 9.18 Å². The molecule has 0 radical (unpaired) electrons. The molecule has 0 aromatic heterocycles. The number of esters is 1. The fourth-order valence-corrected chi connectivity index (χ4v) is 3.94. The zero-order valence-electron chi connectivity index (χ0n) is 20.4. The number of benzene rings is 3. The van der Waals surface area contributed by atoms with Gasteiger partial charge in [-0.15, -0.1) is 0 Å². The van der Waals surface area contributed by atoms with E-state index in [1.54, 1.807) is 30.3 Å². The van der Waals surface area contributed by atoms with Gasteiger partial charge in [0.2, 0.25) is 6.29 Å². The average Bonchev–Trinajstić information content (AvgIpc) is 2.95. The summed E-state index contributed by atoms with van der Waals surface area (Å²) in [6, 6.07) is 20.2. The van der Waals surface area contributed by atoms with E-state index >= 15 is 0 Å². The third-order valence-electron chi connectivity index (χ3n) is 6.05. The molecule has 3 aromatic carbocycles. The SMILES string of the molecule is COC(=O)c1ccc([C@H]2C=C(C(=O)NCc3ccc(F)cc3)O[C@@H](OCc3ccc(CO)cc3)C2)cc1. The Morgan fingerprint density at radius 2 is 1.62 bits per heavy atom. The lowest BCUT2D eigenvalue weighted by Crippen LogP contribution is -2.32. The maximum atomic E-state index is 13.2. The Labute approximate surface area is 214 Å². The zero-order valence-corrected chi connectivity index (χ0v) is 20.4. The van der Waals surface area contributed by atoms with Gasteiger partial charge in [0.25, 0.3) is 5.91 Å². The minimum atomic E-state index is -0.695. The third kappa shape index (κ3) is 7.03. The molecule has 0 aliphatic carbocycles. The minimum absolute atomic E-state index is 0.0372. The summed E-state index contributed by atoms with van der Waals surface area (Å²) in [5.74, 6) is -1.27. The van der Waals surface area contributed by atoms with Crippen LogP contribution in [-0.4, -0.2) is 30.4 Å². The Bertz CT molecular complexity index is 1240. The predicted molar refractivity (Wildman–Crippen MR) is 133 cm³/mol. The number of hydrogen-bond donors (Lipinski definition) is 2. The summed E-state index contributed by atoms with van der Waals surface area (Å²) in [5, 5.41) is 12.0. The third-order valence-corrected chi connectivity index (χ3v) is 6.05. The van der Waals surface area contributed by atoms with Crippen LogP contribution in [0.1, 0.15) is 45.0 Å². The molecule has 1 aliphatic heterocycles. The summed E-state index contributed by atoms with van der Waals surface area (Å²) >= 11 is 0. The number of nitrogens with one attached hydrogen (secondary N) is 1. The van der Waals surface area contributed by atoms with Crippen LogP contribution >= 0.6 is 0 Å². The molecule has 8 heteroatoms. The molecule has 0 bridgehead atoms. The Morgan fingerprint density at radius 3 is 2.27 bits per heavy atom. The Morgan fingerprint density at radius 1 is 0.973 bits per heavy atom. The number of carbonyl (C=O) groups is 2. The fourth-order valence-electron chi connectivity index (χ4n) is 3.94. The van der Waals surface area contributed by atoms with E-state index in [1.165, 1.54) is 19.2 Å². The molecule has 4 rings (SSSR count). The van der Waals surface area contributed by atoms with E-state index in [9.17, 15) is 19.1 Å². The van der Waals surface area contributed by atoms with Crippen molar-refractivity contribution in [3.8, 4) is 0 Å². The molecule has 192 valence electrons. The molecule has 0 unspecified atom stereocenters. The molecule has 37 heavy (non-hydrogen) atoms. The quantitative estimate of drug-likeness (QED) is 0.420. The first kappa shape index (κ1) is 26.1. The second kappa shape index (κ2) is 12.3. The van der Waals surface area contributed by atoms with Gasteiger partial charge in [0.15, 0.2) is 5.76 Å². The van der Waals surface area contributed by atoms with Crippen molar-refractivity contribution in [2.24, 2.45) is 0 Å². The molecule has 0 saturated heterocycles. The van der Waals surface area contributed by atoms with E-state index in [4.69, 9.17) is 14.2 Å². The van der Waals surface area contributed by atoms with Gasteiger partial charge in [-0.1, -0.05) is 48.5 Å². The monoisotopic (exact) mass is 505 g/mol. The van der Waals surface area contributed by atoms with Crippen molar-refractivity contribution in [3.63, 3.8) is 0 Å². The number of halogens is 1. The second-order valence-corrected chi connectivity index (χ2v) is 8.63. The smallest absolute Gasteiger partial charge is 0.337 e. The van der Waals surface area contributed by atoms with Crippen LogP contribution in [0.3, 0.4) is 0 Å². The minimum Gasteiger partial charge on any atom is -0.465 e. The van der Waals surface area contributed by atoms with Crippen LogP contribution in [0, 0.1) is 5.82 Å². The highest BCUT2D eigenvalue weighted by molar-refractivity contribution is 5.91. The first-order valence-corrected chi connectivity index (χ1v) is 11.8. The molecule has 1 heterocycles. The van der Waals surface area contributed by atoms with Crippen LogP contribution in [-0.2, 0) is 38.8 Å². The molecule has 2 N–H and O–H groups in total. The molecule has 0 fully saturated rings. The van der Waals surface area contributed by atoms with Gasteiger partial charge >= 0.3 is 5.97 Å². The second-order valence-electron chi connectivity index (χ2n) is 8.63. The number of rotatable bonds is 9. The van der Waals surface area contributed by atoms with Crippen LogP contribution in [0.15, 0.2) is 84.6 Å². The van der Waals surface area contributed by atoms with E-state index in [0.29, 0.717) is 12.0 Å². The van der Waals surface area contributed by atoms with Crippen LogP contribution in [0.5, 0.6) is 0 Å². The number of allylic oxidation sites excluding steroid dienone is 1. The first-order chi connectivity index (χ1) is 17.9. The van der Waals surface area contributed by atoms with E-state index in [2.05, 4.69) is 5.32 Å². The largest absolute Gasteiger partial charge is 0.465 e. The predicted octanol–water partition coefficient (Wildman–Crippen LogP) is 4.35. The molecule has 7 nitrogen and oxygen atoms in total. The van der Waals surface area contributed by atoms with Gasteiger partial charge in [0.05, 0.1) is 25.9 Å². The normalized spacial score (nSPS) is 16.9. The van der Waals surface area contributed by atoms with Crippen LogP contribution in [0.2, 0.25) is 0 Å². The Hall–Kier alpha value is -4.01. The van der Waals surface area contributed by atoms with Gasteiger partial charge in [0, 0.05) is 18.9 Å². The lowest BCUT2D eigenvalue weighted by atomic mass is 9.92. The van der Waals surface area contributed by atoms with Crippen LogP contribution < -0.4 is 5.32 Å². The van der Waals surface area contributed by atoms with Crippen molar-refractivity contribution < 1.29 is 33.3 Å². The van der Waals surface area contributed by atoms with Crippen molar-refractivity contribution in [1.82, 2.24) is 5.32 Å². The maximum absolute atomic E-state index is 13.2. The summed E-state index contributed by atoms with van der Waals surface area (Å²) in [5.41, 5.74) is 3.77. The molecule has 2 atom stereocenters. The number of ether oxygens (including phenoxy) is 3. The van der Waals surface area contributed by atoms with Crippen molar-refractivity contribution in [2.45, 2.75) is 38.4 Å². The van der Waals surface area contributed by atoms with Crippen molar-refractivity contribution in [1.29, 1.82) is 0 Å². The number of amides is 1. The van der Waals surface area contributed by atoms with Crippen molar-refractivity contribution in [3.05, 3.63) is 118 Å². The molecule has 1 aliphatic rings. The van der Waals surface area contributed by atoms with E-state index in [1.807, 2.05) is 36.4 Å². The number of aliphatic hydroxyl groups excluding tert-OH is 1. The lowest BCUT2D eigenvalue weighted by molar-refractivity contribution is -0.150. The molecule has 1 amide bonds. The summed E-state index contributed by atoms with van der Waals surface area (Å²) in [4.78, 5) is 24.8. The summed E-state index contributed by atoms with van der Waals surface area (Å²) in [6.45, 7) is 0.431. The average molecular weight is 506 g/mol. The molecular formula is C29H28FNO6. The molecule has 3 aromatic rings. The van der Waals surface area contributed by atoms with Gasteiger partial charge in [-0.3, -0.25) is 4.79 Å². The van der Waals surface area contributed by atoms with Gasteiger partial charge in [-0.2, -0.15) is 0 Å². The standard InChI is InChI=1S/C29H28FNO6/c1-35-29(34)23-10-8-22(9-11-23)24-14-26(28(33)31-16-19-6-12-25(30)13-7-19)37-27(15-24)36-18-21-4-2-20(17-32)3-5-21/h2-14,24,27,32H,15-18H2,1H3,(H,31,33)/t24-,27+/m0/s1. The number of carbonyl (C=O) groups excluding carboxylic acids is 2. The maximum Gasteiger partial charge on any atom is 0.337 e. The summed E-state index contributed by atoms with van der Waals surface area (Å²) in [6.07, 6.45) is 1.50. The van der Waals surface area contributed by atoms with Crippen molar-refractivity contribution >= 4 is 11.9 Å². The lowest BCUT2D eigenvalue weighted by Gasteiger charge is -2.29. The van der Waals surface area contributed by atoms with E-state index < -0.39 is 18.2 Å². The summed E-state index contributed by atoms with van der Waals surface area (Å²) in [7, 11) is 1.33. The zero-order chi connectivity index (χ0) is 26.2. The highest BCUT2D eigenvalue weighted by atomic mass is 19.1. The van der Waals surface area contributed by atoms with Gasteiger partial charge in [-0.05, 0) is 52.6 Å². The fraction of sp³-hybridized carbons (Fsp3) is 0.241. The Balaban J connectivity index is 1.49.